The molecule has 1 atom stereocenters. The minimum absolute atomic E-state index is 0.615. The van der Waals surface area contributed by atoms with Gasteiger partial charge < -0.3 is 4.74 Å². The first-order valence-corrected chi connectivity index (χ1v) is 12.2. The Labute approximate surface area is 194 Å². The van der Waals surface area contributed by atoms with Gasteiger partial charge in [-0.2, -0.15) is 11.3 Å². The maximum absolute atomic E-state index is 13.6. The van der Waals surface area contributed by atoms with E-state index in [1.807, 2.05) is 67.9 Å². The molecule has 0 aliphatic rings. The van der Waals surface area contributed by atoms with Crippen molar-refractivity contribution in [2.45, 2.75) is 13.8 Å². The van der Waals surface area contributed by atoms with E-state index < -0.39 is 11.0 Å². The number of nitrogens with zero attached hydrogens (tertiary/aromatic N) is 2. The summed E-state index contributed by atoms with van der Waals surface area (Å²) in [7, 11) is 0.168. The number of aromatic nitrogens is 2. The molecule has 162 valence electrons. The third-order valence-electron chi connectivity index (χ3n) is 5.05. The molecule has 3 aromatic heterocycles. The molecular weight excluding hydrogens is 436 g/mol. The summed E-state index contributed by atoms with van der Waals surface area (Å²) < 4.78 is 21.0. The number of thiophene rings is 1. The highest BCUT2D eigenvalue weighted by Crippen LogP contribution is 2.41. The first-order valence-electron chi connectivity index (χ1n) is 10.1. The molecule has 32 heavy (non-hydrogen) atoms. The van der Waals surface area contributed by atoms with Gasteiger partial charge >= 0.3 is 0 Å². The summed E-state index contributed by atoms with van der Waals surface area (Å²) >= 11 is 1.63. The number of hydrogen-bond donors (Lipinski definition) is 0. The van der Waals surface area contributed by atoms with Crippen LogP contribution >= 0.6 is 11.3 Å². The number of rotatable bonds is 7. The van der Waals surface area contributed by atoms with E-state index in [4.69, 9.17) is 4.74 Å². The van der Waals surface area contributed by atoms with E-state index >= 15 is 0 Å². The van der Waals surface area contributed by atoms with E-state index in [1.165, 1.54) is 0 Å². The van der Waals surface area contributed by atoms with Crippen LogP contribution in [0.2, 0.25) is 0 Å². The number of pyridine rings is 1. The summed E-state index contributed by atoms with van der Waals surface area (Å²) in [5.41, 5.74) is 5.76. The molecule has 0 radical (unpaired) electrons. The molecule has 0 amide bonds. The van der Waals surface area contributed by atoms with Gasteiger partial charge in [-0.1, -0.05) is 42.5 Å². The molecule has 4 nitrogen and oxygen atoms in total. The van der Waals surface area contributed by atoms with E-state index in [1.54, 1.807) is 34.7 Å². The number of fused-ring (bicyclic) bond motifs is 1. The normalized spacial score (nSPS) is 12.5. The Morgan fingerprint density at radius 2 is 1.94 bits per heavy atom. The number of para-hydroxylation sites is 1. The Bertz CT molecular complexity index is 1360. The fraction of sp³-hybridized carbons (Fsp3) is 0.115. The van der Waals surface area contributed by atoms with Crippen LogP contribution in [0.25, 0.3) is 33.3 Å². The van der Waals surface area contributed by atoms with Gasteiger partial charge in [-0.3, -0.25) is 0 Å². The van der Waals surface area contributed by atoms with Crippen molar-refractivity contribution in [2.24, 2.45) is 0 Å². The van der Waals surface area contributed by atoms with Gasteiger partial charge in [-0.25, -0.2) is 13.2 Å². The molecule has 1 aromatic carbocycles. The average molecular weight is 461 g/mol. The highest BCUT2D eigenvalue weighted by Gasteiger charge is 2.21. The third-order valence-corrected chi connectivity index (χ3v) is 7.07. The Balaban J connectivity index is 2.02. The maximum atomic E-state index is 13.6. The van der Waals surface area contributed by atoms with Gasteiger partial charge in [0, 0.05) is 28.9 Å². The fourth-order valence-electron chi connectivity index (χ4n) is 3.54. The van der Waals surface area contributed by atoms with Crippen LogP contribution in [0.4, 0.5) is 0 Å². The van der Waals surface area contributed by atoms with Crippen molar-refractivity contribution in [1.29, 1.82) is 0 Å². The Morgan fingerprint density at radius 3 is 2.62 bits per heavy atom. The zero-order valence-corrected chi connectivity index (χ0v) is 19.9. The van der Waals surface area contributed by atoms with Crippen molar-refractivity contribution in [3.05, 3.63) is 94.8 Å². The average Bonchev–Trinajstić information content (AvgIpc) is 3.47. The summed E-state index contributed by atoms with van der Waals surface area (Å²) in [4.78, 5) is 5.26. The summed E-state index contributed by atoms with van der Waals surface area (Å²) in [6.45, 7) is 7.87. The molecular formula is C26H24N2O2S2. The lowest BCUT2D eigenvalue weighted by molar-refractivity contribution is 0.416. The molecule has 0 saturated carbocycles. The van der Waals surface area contributed by atoms with E-state index in [2.05, 4.69) is 23.0 Å². The van der Waals surface area contributed by atoms with E-state index in [0.717, 1.165) is 39.0 Å². The van der Waals surface area contributed by atoms with Crippen LogP contribution in [-0.2, 0) is 11.0 Å². The Hall–Kier alpha value is -3.22. The summed E-state index contributed by atoms with van der Waals surface area (Å²) in [6.07, 6.45) is 9.10. The van der Waals surface area contributed by atoms with Gasteiger partial charge in [0.25, 0.3) is 0 Å². The van der Waals surface area contributed by atoms with Gasteiger partial charge in [0.05, 0.1) is 12.0 Å². The van der Waals surface area contributed by atoms with Crippen molar-refractivity contribution < 1.29 is 8.95 Å². The van der Waals surface area contributed by atoms with Gasteiger partial charge in [0.2, 0.25) is 0 Å². The van der Waals surface area contributed by atoms with Gasteiger partial charge in [0.1, 0.15) is 5.75 Å². The van der Waals surface area contributed by atoms with Crippen LogP contribution in [0.5, 0.6) is 5.75 Å². The molecule has 0 fully saturated rings. The van der Waals surface area contributed by atoms with Crippen LogP contribution in [0, 0.1) is 0 Å². The quantitative estimate of drug-likeness (QED) is 0.279. The number of benzene rings is 1. The standard InChI is InChI=1S/C26H24N2O2S2/c1-5-20(11-10-18(2)3)32(29)28-16-23(19-13-15-31-17-19)25-22(12-14-27-26(25)28)21-8-6-7-9-24(21)30-4/h5-17H,1H2,2-4H3/b20-11+. The molecule has 0 saturated heterocycles. The Kier molecular flexibility index (Phi) is 6.53. The van der Waals surface area contributed by atoms with Gasteiger partial charge in [0.15, 0.2) is 16.6 Å². The molecule has 0 bridgehead atoms. The summed E-state index contributed by atoms with van der Waals surface area (Å²) in [5.74, 6) is 0.778. The highest BCUT2D eigenvalue weighted by molar-refractivity contribution is 7.87. The van der Waals surface area contributed by atoms with Crippen LogP contribution in [0.3, 0.4) is 0 Å². The van der Waals surface area contributed by atoms with E-state index in [9.17, 15) is 4.21 Å². The first kappa shape index (κ1) is 22.0. The predicted molar refractivity (Wildman–Crippen MR) is 136 cm³/mol. The predicted octanol–water partition coefficient (Wildman–Crippen LogP) is 6.99. The summed E-state index contributed by atoms with van der Waals surface area (Å²) in [6, 6.07) is 12.0. The van der Waals surface area contributed by atoms with Crippen LogP contribution in [0.15, 0.2) is 94.8 Å². The highest BCUT2D eigenvalue weighted by atomic mass is 32.2. The lowest BCUT2D eigenvalue weighted by Crippen LogP contribution is -2.05. The van der Waals surface area contributed by atoms with Crippen molar-refractivity contribution in [3.8, 4) is 28.0 Å². The SMILES string of the molecule is C=C/C(=C\C=C(C)C)S(=O)n1cc(-c2ccsc2)c2c(-c3ccccc3OC)ccnc21. The number of ether oxygens (including phenoxy) is 1. The maximum Gasteiger partial charge on any atom is 0.158 e. The number of hydrogen-bond acceptors (Lipinski definition) is 4. The van der Waals surface area contributed by atoms with Crippen molar-refractivity contribution in [2.75, 3.05) is 7.11 Å². The second kappa shape index (κ2) is 9.51. The van der Waals surface area contributed by atoms with Crippen molar-refractivity contribution >= 4 is 33.4 Å². The number of methoxy groups -OCH3 is 1. The fourth-order valence-corrected chi connectivity index (χ4v) is 5.25. The smallest absolute Gasteiger partial charge is 0.158 e. The molecule has 0 aliphatic carbocycles. The zero-order chi connectivity index (χ0) is 22.7. The molecule has 0 spiro atoms. The molecule has 4 aromatic rings. The van der Waals surface area contributed by atoms with E-state index in [0.29, 0.717) is 10.6 Å². The second-order valence-corrected chi connectivity index (χ2v) is 9.55. The molecule has 1 unspecified atom stereocenters. The second-order valence-electron chi connectivity index (χ2n) is 7.40. The molecule has 4 rings (SSSR count). The topological polar surface area (TPSA) is 44.1 Å². The summed E-state index contributed by atoms with van der Waals surface area (Å²) in [5, 5.41) is 5.07. The van der Waals surface area contributed by atoms with Gasteiger partial charge in [-0.05, 0) is 60.0 Å². The molecule has 0 aliphatic heterocycles. The zero-order valence-electron chi connectivity index (χ0n) is 18.2. The van der Waals surface area contributed by atoms with Crippen molar-refractivity contribution in [1.82, 2.24) is 8.96 Å². The lowest BCUT2D eigenvalue weighted by Gasteiger charge is -2.11. The van der Waals surface area contributed by atoms with Crippen LogP contribution in [-0.4, -0.2) is 20.3 Å². The monoisotopic (exact) mass is 460 g/mol. The van der Waals surface area contributed by atoms with E-state index in [-0.39, 0.29) is 0 Å². The Morgan fingerprint density at radius 1 is 1.12 bits per heavy atom. The molecule has 6 heteroatoms. The largest absolute Gasteiger partial charge is 0.496 e. The minimum Gasteiger partial charge on any atom is -0.496 e. The van der Waals surface area contributed by atoms with Crippen LogP contribution in [0.1, 0.15) is 13.8 Å². The van der Waals surface area contributed by atoms with Gasteiger partial charge in [-0.15, -0.1) is 0 Å². The third kappa shape index (κ3) is 4.11. The van der Waals surface area contributed by atoms with Crippen molar-refractivity contribution in [3.63, 3.8) is 0 Å². The number of allylic oxidation sites excluding steroid dienone is 4. The first-order chi connectivity index (χ1) is 15.5. The minimum atomic E-state index is -1.50. The molecule has 0 N–H and O–H groups in total. The molecule has 3 heterocycles. The lowest BCUT2D eigenvalue weighted by atomic mass is 9.98. The van der Waals surface area contributed by atoms with Crippen LogP contribution < -0.4 is 4.74 Å².